The molecule has 1 amide bonds. The van der Waals surface area contributed by atoms with Gasteiger partial charge in [-0.1, -0.05) is 79.1 Å². The average molecular weight is 511 g/mol. The molecule has 4 nitrogen and oxygen atoms in total. The maximum atomic E-state index is 12.9. The highest BCUT2D eigenvalue weighted by Gasteiger charge is 2.26. The highest BCUT2D eigenvalue weighted by Crippen LogP contribution is 2.37. The van der Waals surface area contributed by atoms with Crippen LogP contribution in [0.4, 0.5) is 11.4 Å². The summed E-state index contributed by atoms with van der Waals surface area (Å²) in [7, 11) is 0. The number of phenols is 1. The standard InChI is InChI=1S/C27H24Cl2N2O2S/c1-27(2,21-8-3-4-9-22(21)28)16-26(33)30-24-15-19(10-11-23(24)29)31-12-13-34-25(17-31)18-6-5-7-20(32)14-18/h3-15,17,32H,16H2,1-2H3,(H,30,33). The second kappa shape index (κ2) is 10.2. The summed E-state index contributed by atoms with van der Waals surface area (Å²) in [6.45, 7) is 3.99. The number of carbonyl (C=O) groups excluding carboxylic acids is 1. The summed E-state index contributed by atoms with van der Waals surface area (Å²) in [5.74, 6) is 0.0704. The Kier molecular flexibility index (Phi) is 7.27. The van der Waals surface area contributed by atoms with Gasteiger partial charge in [-0.3, -0.25) is 4.79 Å². The van der Waals surface area contributed by atoms with Gasteiger partial charge in [0.1, 0.15) is 5.75 Å². The minimum Gasteiger partial charge on any atom is -0.508 e. The number of carbonyl (C=O) groups is 1. The summed E-state index contributed by atoms with van der Waals surface area (Å²) in [5, 5.41) is 15.8. The van der Waals surface area contributed by atoms with E-state index in [4.69, 9.17) is 23.2 Å². The second-order valence-corrected chi connectivity index (χ2v) is 10.4. The van der Waals surface area contributed by atoms with Crippen LogP contribution in [0.25, 0.3) is 4.91 Å². The number of phenolic OH excluding ortho intramolecular Hbond substituents is 1. The Balaban J connectivity index is 1.53. The summed E-state index contributed by atoms with van der Waals surface area (Å²) >= 11 is 14.3. The lowest BCUT2D eigenvalue weighted by molar-refractivity contribution is -0.117. The molecule has 0 unspecified atom stereocenters. The molecule has 7 heteroatoms. The molecule has 1 aliphatic rings. The van der Waals surface area contributed by atoms with Crippen molar-refractivity contribution >= 4 is 57.2 Å². The quantitative estimate of drug-likeness (QED) is 0.352. The fraction of sp³-hybridized carbons (Fsp3) is 0.148. The molecule has 0 saturated carbocycles. The Morgan fingerprint density at radius 2 is 1.82 bits per heavy atom. The van der Waals surface area contributed by atoms with Crippen LogP contribution < -0.4 is 10.2 Å². The van der Waals surface area contributed by atoms with Gasteiger partial charge in [0.2, 0.25) is 5.91 Å². The van der Waals surface area contributed by atoms with Crippen LogP contribution in [0.3, 0.4) is 0 Å². The molecule has 34 heavy (non-hydrogen) atoms. The normalized spacial score (nSPS) is 13.5. The van der Waals surface area contributed by atoms with Crippen LogP contribution in [0.1, 0.15) is 31.4 Å². The highest BCUT2D eigenvalue weighted by atomic mass is 35.5. The predicted octanol–water partition coefficient (Wildman–Crippen LogP) is 8.03. The monoisotopic (exact) mass is 510 g/mol. The van der Waals surface area contributed by atoms with E-state index in [9.17, 15) is 9.90 Å². The number of anilines is 2. The van der Waals surface area contributed by atoms with E-state index < -0.39 is 5.41 Å². The lowest BCUT2D eigenvalue weighted by Gasteiger charge is -2.26. The number of rotatable bonds is 6. The van der Waals surface area contributed by atoms with Gasteiger partial charge in [0.05, 0.1) is 10.7 Å². The molecular weight excluding hydrogens is 487 g/mol. The molecule has 0 aliphatic carbocycles. The molecule has 0 bridgehead atoms. The molecule has 174 valence electrons. The van der Waals surface area contributed by atoms with Gasteiger partial charge in [-0.05, 0) is 58.3 Å². The van der Waals surface area contributed by atoms with Crippen molar-refractivity contribution < 1.29 is 9.90 Å². The van der Waals surface area contributed by atoms with Crippen LogP contribution >= 0.6 is 35.0 Å². The molecular formula is C27H24Cl2N2O2S. The molecule has 3 aromatic rings. The molecule has 3 aromatic carbocycles. The van der Waals surface area contributed by atoms with Crippen molar-refractivity contribution in [1.29, 1.82) is 0 Å². The number of aromatic hydroxyl groups is 1. The Morgan fingerprint density at radius 3 is 2.59 bits per heavy atom. The van der Waals surface area contributed by atoms with Gasteiger partial charge in [0.15, 0.2) is 0 Å². The lowest BCUT2D eigenvalue weighted by Crippen LogP contribution is -2.26. The van der Waals surface area contributed by atoms with E-state index in [1.54, 1.807) is 30.0 Å². The number of amides is 1. The van der Waals surface area contributed by atoms with Crippen LogP contribution in [0.15, 0.2) is 84.5 Å². The Hall–Kier alpha value is -2.86. The topological polar surface area (TPSA) is 52.6 Å². The first-order valence-electron chi connectivity index (χ1n) is 10.7. The summed E-state index contributed by atoms with van der Waals surface area (Å²) in [5.41, 5.74) is 2.78. The summed E-state index contributed by atoms with van der Waals surface area (Å²) in [6, 6.07) is 20.2. The largest absolute Gasteiger partial charge is 0.508 e. The number of halogens is 2. The Morgan fingerprint density at radius 1 is 1.03 bits per heavy atom. The average Bonchev–Trinajstić information content (AvgIpc) is 2.80. The summed E-state index contributed by atoms with van der Waals surface area (Å²) in [6.07, 6.45) is 4.17. The fourth-order valence-corrected chi connectivity index (χ4v) is 5.13. The summed E-state index contributed by atoms with van der Waals surface area (Å²) in [4.78, 5) is 15.9. The number of benzene rings is 3. The third kappa shape index (κ3) is 5.61. The van der Waals surface area contributed by atoms with Gasteiger partial charge >= 0.3 is 0 Å². The van der Waals surface area contributed by atoms with Gasteiger partial charge in [-0.2, -0.15) is 0 Å². The predicted molar refractivity (Wildman–Crippen MR) is 144 cm³/mol. The third-order valence-corrected chi connectivity index (χ3v) is 7.04. The minimum absolute atomic E-state index is 0.148. The zero-order valence-electron chi connectivity index (χ0n) is 18.8. The van der Waals surface area contributed by atoms with E-state index in [1.165, 1.54) is 0 Å². The first-order valence-corrected chi connectivity index (χ1v) is 12.3. The molecule has 1 aliphatic heterocycles. The zero-order chi connectivity index (χ0) is 24.3. The minimum atomic E-state index is -0.446. The number of thioether (sulfide) groups is 1. The number of nitrogens with one attached hydrogen (secondary N) is 1. The first kappa shape index (κ1) is 24.3. The third-order valence-electron chi connectivity index (χ3n) is 5.53. The van der Waals surface area contributed by atoms with E-state index in [0.29, 0.717) is 15.7 Å². The SMILES string of the molecule is CC(C)(CC(=O)Nc1cc(N2C=CSC(c3cccc(O)c3)=C2)ccc1Cl)c1ccccc1Cl. The van der Waals surface area contributed by atoms with Crippen molar-refractivity contribution in [3.63, 3.8) is 0 Å². The number of nitrogens with zero attached hydrogens (tertiary/aromatic N) is 1. The van der Waals surface area contributed by atoms with Gasteiger partial charge in [0, 0.05) is 34.4 Å². The van der Waals surface area contributed by atoms with Gasteiger partial charge in [-0.15, -0.1) is 0 Å². The van der Waals surface area contributed by atoms with E-state index in [2.05, 4.69) is 5.32 Å². The first-order chi connectivity index (χ1) is 16.2. The molecule has 4 rings (SSSR count). The van der Waals surface area contributed by atoms with E-state index in [1.807, 2.05) is 85.1 Å². The van der Waals surface area contributed by atoms with Crippen LogP contribution in [-0.2, 0) is 10.2 Å². The molecule has 0 fully saturated rings. The van der Waals surface area contributed by atoms with Gasteiger partial charge in [0.25, 0.3) is 0 Å². The fourth-order valence-electron chi connectivity index (χ4n) is 3.80. The van der Waals surface area contributed by atoms with Crippen molar-refractivity contribution in [3.8, 4) is 5.75 Å². The maximum Gasteiger partial charge on any atom is 0.225 e. The highest BCUT2D eigenvalue weighted by molar-refractivity contribution is 8.11. The molecule has 0 radical (unpaired) electrons. The van der Waals surface area contributed by atoms with E-state index in [0.717, 1.165) is 21.7 Å². The smallest absolute Gasteiger partial charge is 0.225 e. The molecule has 0 atom stereocenters. The second-order valence-electron chi connectivity index (χ2n) is 8.61. The van der Waals surface area contributed by atoms with Crippen molar-refractivity contribution in [1.82, 2.24) is 0 Å². The Bertz CT molecular complexity index is 1290. The molecule has 2 N–H and O–H groups in total. The molecule has 1 heterocycles. The number of hydrogen-bond acceptors (Lipinski definition) is 4. The zero-order valence-corrected chi connectivity index (χ0v) is 21.1. The number of hydrogen-bond donors (Lipinski definition) is 2. The van der Waals surface area contributed by atoms with Crippen LogP contribution in [-0.4, -0.2) is 11.0 Å². The van der Waals surface area contributed by atoms with Crippen LogP contribution in [0.2, 0.25) is 10.0 Å². The molecule has 0 aromatic heterocycles. The van der Waals surface area contributed by atoms with Crippen molar-refractivity contribution in [2.75, 3.05) is 10.2 Å². The van der Waals surface area contributed by atoms with E-state index >= 15 is 0 Å². The molecule has 0 saturated heterocycles. The van der Waals surface area contributed by atoms with E-state index in [-0.39, 0.29) is 18.1 Å². The van der Waals surface area contributed by atoms with Gasteiger partial charge in [-0.25, -0.2) is 0 Å². The lowest BCUT2D eigenvalue weighted by atomic mass is 9.81. The van der Waals surface area contributed by atoms with Crippen LogP contribution in [0.5, 0.6) is 5.75 Å². The van der Waals surface area contributed by atoms with Crippen LogP contribution in [0, 0.1) is 0 Å². The Labute approximate surface area is 213 Å². The van der Waals surface area contributed by atoms with Crippen molar-refractivity contribution in [2.45, 2.75) is 25.7 Å². The van der Waals surface area contributed by atoms with Gasteiger partial charge < -0.3 is 15.3 Å². The van der Waals surface area contributed by atoms with Crippen molar-refractivity contribution in [2.24, 2.45) is 0 Å². The molecule has 0 spiro atoms. The van der Waals surface area contributed by atoms with Crippen molar-refractivity contribution in [3.05, 3.63) is 106 Å². The summed E-state index contributed by atoms with van der Waals surface area (Å²) < 4.78 is 0. The maximum absolute atomic E-state index is 12.9.